The quantitative estimate of drug-likeness (QED) is 0.465. The second kappa shape index (κ2) is 8.50. The number of hydrogen-bond acceptors (Lipinski definition) is 2. The van der Waals surface area contributed by atoms with Crippen LogP contribution < -0.4 is 11.1 Å². The highest BCUT2D eigenvalue weighted by Gasteiger charge is 1.93. The van der Waals surface area contributed by atoms with Crippen LogP contribution in [-0.2, 0) is 0 Å². The van der Waals surface area contributed by atoms with Crippen LogP contribution in [0.3, 0.4) is 0 Å². The van der Waals surface area contributed by atoms with Gasteiger partial charge in [0, 0.05) is 12.6 Å². The van der Waals surface area contributed by atoms with E-state index in [4.69, 9.17) is 5.73 Å². The maximum absolute atomic E-state index is 5.73. The van der Waals surface area contributed by atoms with Crippen molar-refractivity contribution < 1.29 is 0 Å². The molecule has 0 saturated carbocycles. The Balaban J connectivity index is 3.19. The van der Waals surface area contributed by atoms with Gasteiger partial charge in [0.15, 0.2) is 0 Å². The van der Waals surface area contributed by atoms with Crippen molar-refractivity contribution in [3.05, 3.63) is 24.3 Å². The summed E-state index contributed by atoms with van der Waals surface area (Å²) in [4.78, 5) is 0. The van der Waals surface area contributed by atoms with E-state index >= 15 is 0 Å². The Morgan fingerprint density at radius 3 is 2.67 bits per heavy atom. The van der Waals surface area contributed by atoms with Crippen LogP contribution in [0, 0.1) is 0 Å². The van der Waals surface area contributed by atoms with E-state index < -0.39 is 0 Å². The minimum Gasteiger partial charge on any atom is -0.323 e. The van der Waals surface area contributed by atoms with Crippen molar-refractivity contribution in [3.8, 4) is 0 Å². The fraction of sp³-hybridized carbons (Fsp3) is 0.600. The summed E-state index contributed by atoms with van der Waals surface area (Å²) in [5.74, 6) is 0. The van der Waals surface area contributed by atoms with E-state index in [0.717, 1.165) is 19.5 Å². The van der Waals surface area contributed by atoms with Crippen molar-refractivity contribution in [1.82, 2.24) is 5.32 Å². The SMILES string of the molecule is C/C=C\CCNCC(N)/C=C\C. The molecular formula is C10H20N2. The fourth-order valence-corrected chi connectivity index (χ4v) is 0.936. The fourth-order valence-electron chi connectivity index (χ4n) is 0.936. The molecule has 12 heavy (non-hydrogen) atoms. The van der Waals surface area contributed by atoms with E-state index in [0.29, 0.717) is 0 Å². The first kappa shape index (κ1) is 11.4. The van der Waals surface area contributed by atoms with Crippen molar-refractivity contribution >= 4 is 0 Å². The maximum Gasteiger partial charge on any atom is 0.0350 e. The van der Waals surface area contributed by atoms with Crippen LogP contribution in [0.1, 0.15) is 20.3 Å². The second-order valence-corrected chi connectivity index (χ2v) is 2.75. The molecule has 1 unspecified atom stereocenters. The molecule has 0 aromatic carbocycles. The highest BCUT2D eigenvalue weighted by Crippen LogP contribution is 1.82. The molecule has 1 atom stereocenters. The first-order valence-corrected chi connectivity index (χ1v) is 4.51. The van der Waals surface area contributed by atoms with Crippen molar-refractivity contribution in [2.45, 2.75) is 26.3 Å². The minimum atomic E-state index is 0.153. The number of nitrogens with one attached hydrogen (secondary N) is 1. The van der Waals surface area contributed by atoms with Crippen molar-refractivity contribution in [2.24, 2.45) is 5.73 Å². The molecule has 0 heterocycles. The average molecular weight is 168 g/mol. The van der Waals surface area contributed by atoms with Crippen LogP contribution in [0.4, 0.5) is 0 Å². The molecule has 0 radical (unpaired) electrons. The first-order valence-electron chi connectivity index (χ1n) is 4.51. The van der Waals surface area contributed by atoms with E-state index in [1.807, 2.05) is 26.0 Å². The van der Waals surface area contributed by atoms with Crippen molar-refractivity contribution in [3.63, 3.8) is 0 Å². The van der Waals surface area contributed by atoms with Crippen LogP contribution in [0.2, 0.25) is 0 Å². The van der Waals surface area contributed by atoms with Crippen molar-refractivity contribution in [2.75, 3.05) is 13.1 Å². The summed E-state index contributed by atoms with van der Waals surface area (Å²) in [5.41, 5.74) is 5.73. The molecule has 0 aliphatic heterocycles. The van der Waals surface area contributed by atoms with Crippen LogP contribution in [-0.4, -0.2) is 19.1 Å². The van der Waals surface area contributed by atoms with Crippen molar-refractivity contribution in [1.29, 1.82) is 0 Å². The standard InChI is InChI=1S/C10H20N2/c1-3-5-6-8-12-9-10(11)7-4-2/h3-5,7,10,12H,6,8-9,11H2,1-2H3/b5-3-,7-4-. The topological polar surface area (TPSA) is 38.0 Å². The molecule has 70 valence electrons. The molecule has 2 nitrogen and oxygen atoms in total. The van der Waals surface area contributed by atoms with Gasteiger partial charge in [-0.1, -0.05) is 24.3 Å². The first-order chi connectivity index (χ1) is 5.81. The van der Waals surface area contributed by atoms with E-state index in [9.17, 15) is 0 Å². The zero-order valence-electron chi connectivity index (χ0n) is 8.09. The highest BCUT2D eigenvalue weighted by atomic mass is 14.9. The number of hydrogen-bond donors (Lipinski definition) is 2. The average Bonchev–Trinajstić information content (AvgIpc) is 2.05. The number of rotatable bonds is 6. The van der Waals surface area contributed by atoms with Gasteiger partial charge in [-0.3, -0.25) is 0 Å². The molecule has 0 aromatic heterocycles. The Morgan fingerprint density at radius 1 is 1.33 bits per heavy atom. The lowest BCUT2D eigenvalue weighted by Gasteiger charge is -2.06. The molecule has 0 amide bonds. The minimum absolute atomic E-state index is 0.153. The monoisotopic (exact) mass is 168 g/mol. The van der Waals surface area contributed by atoms with Gasteiger partial charge in [0.1, 0.15) is 0 Å². The summed E-state index contributed by atoms with van der Waals surface area (Å²) in [5, 5.41) is 3.28. The molecule has 0 saturated heterocycles. The lowest BCUT2D eigenvalue weighted by atomic mass is 10.3. The molecule has 0 aliphatic rings. The molecule has 0 aromatic rings. The lowest BCUT2D eigenvalue weighted by molar-refractivity contribution is 0.643. The molecule has 0 rings (SSSR count). The smallest absolute Gasteiger partial charge is 0.0350 e. The molecular weight excluding hydrogens is 148 g/mol. The predicted octanol–water partition coefficient (Wildman–Crippen LogP) is 1.45. The Morgan fingerprint density at radius 2 is 2.08 bits per heavy atom. The number of allylic oxidation sites excluding steroid dienone is 2. The van der Waals surface area contributed by atoms with Gasteiger partial charge in [0.25, 0.3) is 0 Å². The van der Waals surface area contributed by atoms with Gasteiger partial charge in [-0.2, -0.15) is 0 Å². The van der Waals surface area contributed by atoms with E-state index in [2.05, 4.69) is 17.5 Å². The third-order valence-electron chi connectivity index (χ3n) is 1.54. The van der Waals surface area contributed by atoms with Gasteiger partial charge in [0.05, 0.1) is 0 Å². The predicted molar refractivity (Wildman–Crippen MR) is 55.1 cm³/mol. The van der Waals surface area contributed by atoms with Gasteiger partial charge in [-0.25, -0.2) is 0 Å². The Labute approximate surface area is 75.5 Å². The summed E-state index contributed by atoms with van der Waals surface area (Å²) in [6.07, 6.45) is 9.28. The van der Waals surface area contributed by atoms with Crippen LogP contribution >= 0.6 is 0 Å². The summed E-state index contributed by atoms with van der Waals surface area (Å²) in [6, 6.07) is 0.153. The normalized spacial score (nSPS) is 14.6. The molecule has 0 fully saturated rings. The van der Waals surface area contributed by atoms with Gasteiger partial charge >= 0.3 is 0 Å². The lowest BCUT2D eigenvalue weighted by Crippen LogP contribution is -2.32. The third-order valence-corrected chi connectivity index (χ3v) is 1.54. The van der Waals surface area contributed by atoms with Gasteiger partial charge in [0.2, 0.25) is 0 Å². The van der Waals surface area contributed by atoms with Crippen LogP contribution in [0.25, 0.3) is 0 Å². The zero-order valence-corrected chi connectivity index (χ0v) is 8.09. The summed E-state index contributed by atoms with van der Waals surface area (Å²) < 4.78 is 0. The highest BCUT2D eigenvalue weighted by molar-refractivity contribution is 4.90. The molecule has 0 spiro atoms. The Hall–Kier alpha value is -0.600. The van der Waals surface area contributed by atoms with Gasteiger partial charge < -0.3 is 11.1 Å². The molecule has 0 bridgehead atoms. The summed E-state index contributed by atoms with van der Waals surface area (Å²) in [7, 11) is 0. The van der Waals surface area contributed by atoms with Crippen LogP contribution in [0.15, 0.2) is 24.3 Å². The number of nitrogens with two attached hydrogens (primary N) is 1. The summed E-state index contributed by atoms with van der Waals surface area (Å²) in [6.45, 7) is 5.89. The molecule has 3 N–H and O–H groups in total. The summed E-state index contributed by atoms with van der Waals surface area (Å²) >= 11 is 0. The molecule has 0 aliphatic carbocycles. The largest absolute Gasteiger partial charge is 0.323 e. The van der Waals surface area contributed by atoms with E-state index in [1.165, 1.54) is 0 Å². The van der Waals surface area contributed by atoms with E-state index in [1.54, 1.807) is 0 Å². The van der Waals surface area contributed by atoms with Gasteiger partial charge in [-0.15, -0.1) is 0 Å². The van der Waals surface area contributed by atoms with E-state index in [-0.39, 0.29) is 6.04 Å². The maximum atomic E-state index is 5.73. The Bertz CT molecular complexity index is 139. The van der Waals surface area contributed by atoms with Crippen LogP contribution in [0.5, 0.6) is 0 Å². The Kier molecular flexibility index (Phi) is 8.07. The zero-order chi connectivity index (χ0) is 9.23. The van der Waals surface area contributed by atoms with Gasteiger partial charge in [-0.05, 0) is 26.8 Å². The second-order valence-electron chi connectivity index (χ2n) is 2.75. The molecule has 2 heteroatoms. The third kappa shape index (κ3) is 7.51.